The molecule has 0 bridgehead atoms. The molecule has 108 valence electrons. The first-order valence-electron chi connectivity index (χ1n) is 6.61. The normalized spacial score (nSPS) is 17.9. The average molecular weight is 340 g/mol. The van der Waals surface area contributed by atoms with Crippen LogP contribution in [-0.2, 0) is 16.1 Å². The van der Waals surface area contributed by atoms with Crippen LogP contribution in [0.4, 0.5) is 0 Å². The van der Waals surface area contributed by atoms with Gasteiger partial charge in [-0.3, -0.25) is 9.59 Å². The Balaban J connectivity index is 2.08. The Morgan fingerprint density at radius 2 is 2.05 bits per heavy atom. The monoisotopic (exact) mass is 339 g/mol. The molecule has 0 spiro atoms. The van der Waals surface area contributed by atoms with E-state index in [1.807, 2.05) is 24.3 Å². The van der Waals surface area contributed by atoms with E-state index >= 15 is 0 Å². The number of primary amides is 1. The number of nitrogens with one attached hydrogen (secondary N) is 1. The Morgan fingerprint density at radius 1 is 1.35 bits per heavy atom. The first-order chi connectivity index (χ1) is 9.56. The maximum atomic E-state index is 12.4. The van der Waals surface area contributed by atoms with Gasteiger partial charge in [-0.1, -0.05) is 28.1 Å². The second kappa shape index (κ2) is 6.85. The van der Waals surface area contributed by atoms with Crippen LogP contribution >= 0.6 is 15.9 Å². The maximum absolute atomic E-state index is 12.4. The summed E-state index contributed by atoms with van der Waals surface area (Å²) in [5, 5.41) is 3.15. The van der Waals surface area contributed by atoms with Crippen molar-refractivity contribution in [3.8, 4) is 0 Å². The van der Waals surface area contributed by atoms with Gasteiger partial charge in [0, 0.05) is 11.0 Å². The molecule has 20 heavy (non-hydrogen) atoms. The number of benzene rings is 1. The zero-order valence-corrected chi connectivity index (χ0v) is 12.7. The number of hydrogen-bond acceptors (Lipinski definition) is 3. The molecule has 0 radical (unpaired) electrons. The molecule has 2 rings (SSSR count). The van der Waals surface area contributed by atoms with Gasteiger partial charge in [-0.05, 0) is 37.1 Å². The minimum atomic E-state index is -0.492. The second-order valence-electron chi connectivity index (χ2n) is 4.94. The van der Waals surface area contributed by atoms with Crippen LogP contribution in [0.15, 0.2) is 28.7 Å². The SMILES string of the molecule is NC(=O)CN(Cc1ccc(Br)cc1)C(=O)[C@H]1CCCN1. The van der Waals surface area contributed by atoms with Crippen LogP contribution in [0.25, 0.3) is 0 Å². The Morgan fingerprint density at radius 3 is 2.60 bits per heavy atom. The summed E-state index contributed by atoms with van der Waals surface area (Å²) < 4.78 is 0.978. The molecule has 0 aliphatic carbocycles. The molecular weight excluding hydrogens is 322 g/mol. The standard InChI is InChI=1S/C14H18BrN3O2/c15-11-5-3-10(4-6-11)8-18(9-13(16)19)14(20)12-2-1-7-17-12/h3-6,12,17H,1-2,7-9H2,(H2,16,19)/t12-/m1/s1. The lowest BCUT2D eigenvalue weighted by Crippen LogP contribution is -2.46. The predicted octanol–water partition coefficient (Wildman–Crippen LogP) is 1.01. The molecule has 1 aromatic carbocycles. The number of carbonyl (C=O) groups is 2. The second-order valence-corrected chi connectivity index (χ2v) is 5.85. The summed E-state index contributed by atoms with van der Waals surface area (Å²) in [6.07, 6.45) is 1.80. The third-order valence-electron chi connectivity index (χ3n) is 3.30. The minimum Gasteiger partial charge on any atom is -0.368 e. The molecular formula is C14H18BrN3O2. The lowest BCUT2D eigenvalue weighted by molar-refractivity contribution is -0.137. The van der Waals surface area contributed by atoms with Crippen LogP contribution in [0.1, 0.15) is 18.4 Å². The first-order valence-corrected chi connectivity index (χ1v) is 7.40. The van der Waals surface area contributed by atoms with Crippen LogP contribution in [0.2, 0.25) is 0 Å². The van der Waals surface area contributed by atoms with Gasteiger partial charge in [0.05, 0.1) is 12.6 Å². The molecule has 1 saturated heterocycles. The van der Waals surface area contributed by atoms with E-state index in [1.54, 1.807) is 0 Å². The van der Waals surface area contributed by atoms with Gasteiger partial charge in [0.2, 0.25) is 11.8 Å². The van der Waals surface area contributed by atoms with Crippen LogP contribution in [0.3, 0.4) is 0 Å². The van der Waals surface area contributed by atoms with Crippen molar-refractivity contribution >= 4 is 27.7 Å². The number of halogens is 1. The van der Waals surface area contributed by atoms with Gasteiger partial charge in [-0.2, -0.15) is 0 Å². The van der Waals surface area contributed by atoms with Gasteiger partial charge in [-0.25, -0.2) is 0 Å². The van der Waals surface area contributed by atoms with Crippen LogP contribution in [0.5, 0.6) is 0 Å². The molecule has 1 aromatic rings. The van der Waals surface area contributed by atoms with Gasteiger partial charge >= 0.3 is 0 Å². The molecule has 0 unspecified atom stereocenters. The topological polar surface area (TPSA) is 75.4 Å². The van der Waals surface area contributed by atoms with Gasteiger partial charge in [0.25, 0.3) is 0 Å². The van der Waals surface area contributed by atoms with Crippen molar-refractivity contribution in [3.63, 3.8) is 0 Å². The van der Waals surface area contributed by atoms with Crippen molar-refractivity contribution in [1.29, 1.82) is 0 Å². The molecule has 0 aromatic heterocycles. The highest BCUT2D eigenvalue weighted by Gasteiger charge is 2.27. The molecule has 0 saturated carbocycles. The van der Waals surface area contributed by atoms with Crippen molar-refractivity contribution < 1.29 is 9.59 Å². The number of nitrogens with two attached hydrogens (primary N) is 1. The molecule has 1 aliphatic rings. The number of hydrogen-bond donors (Lipinski definition) is 2. The van der Waals surface area contributed by atoms with Crippen LogP contribution in [0, 0.1) is 0 Å². The van der Waals surface area contributed by atoms with Crippen LogP contribution < -0.4 is 11.1 Å². The van der Waals surface area contributed by atoms with E-state index in [-0.39, 0.29) is 18.5 Å². The fourth-order valence-electron chi connectivity index (χ4n) is 2.33. The van der Waals surface area contributed by atoms with Gasteiger partial charge < -0.3 is 16.0 Å². The highest BCUT2D eigenvalue weighted by Crippen LogP contribution is 2.14. The molecule has 1 fully saturated rings. The van der Waals surface area contributed by atoms with Crippen LogP contribution in [-0.4, -0.2) is 35.8 Å². The third kappa shape index (κ3) is 4.05. The fraction of sp³-hybridized carbons (Fsp3) is 0.429. The van der Waals surface area contributed by atoms with E-state index in [0.717, 1.165) is 29.4 Å². The number of nitrogens with zero attached hydrogens (tertiary/aromatic N) is 1. The highest BCUT2D eigenvalue weighted by molar-refractivity contribution is 9.10. The summed E-state index contributed by atoms with van der Waals surface area (Å²) in [4.78, 5) is 25.1. The number of amides is 2. The lowest BCUT2D eigenvalue weighted by Gasteiger charge is -2.24. The van der Waals surface area contributed by atoms with E-state index in [1.165, 1.54) is 4.90 Å². The van der Waals surface area contributed by atoms with Crippen molar-refractivity contribution in [2.75, 3.05) is 13.1 Å². The summed E-state index contributed by atoms with van der Waals surface area (Å²) in [5.41, 5.74) is 6.22. The molecule has 6 heteroatoms. The molecule has 1 atom stereocenters. The van der Waals surface area contributed by atoms with Crippen molar-refractivity contribution in [3.05, 3.63) is 34.3 Å². The first kappa shape index (κ1) is 15.0. The summed E-state index contributed by atoms with van der Waals surface area (Å²) in [5.74, 6) is -0.544. The van der Waals surface area contributed by atoms with Gasteiger partial charge in [-0.15, -0.1) is 0 Å². The molecule has 3 N–H and O–H groups in total. The van der Waals surface area contributed by atoms with Crippen molar-refractivity contribution in [1.82, 2.24) is 10.2 Å². The lowest BCUT2D eigenvalue weighted by atomic mass is 10.1. The summed E-state index contributed by atoms with van der Waals surface area (Å²) >= 11 is 3.37. The minimum absolute atomic E-state index is 0.0485. The number of rotatable bonds is 5. The number of carbonyl (C=O) groups excluding carboxylic acids is 2. The molecule has 1 heterocycles. The summed E-state index contributed by atoms with van der Waals surface area (Å²) in [7, 11) is 0. The average Bonchev–Trinajstić information content (AvgIpc) is 2.93. The largest absolute Gasteiger partial charge is 0.368 e. The van der Waals surface area contributed by atoms with E-state index < -0.39 is 5.91 Å². The fourth-order valence-corrected chi connectivity index (χ4v) is 2.59. The third-order valence-corrected chi connectivity index (χ3v) is 3.83. The van der Waals surface area contributed by atoms with E-state index in [2.05, 4.69) is 21.2 Å². The maximum Gasteiger partial charge on any atom is 0.240 e. The van der Waals surface area contributed by atoms with Gasteiger partial charge in [0.1, 0.15) is 0 Å². The summed E-state index contributed by atoms with van der Waals surface area (Å²) in [6.45, 7) is 1.19. The van der Waals surface area contributed by atoms with E-state index in [9.17, 15) is 9.59 Å². The molecule has 2 amide bonds. The predicted molar refractivity (Wildman–Crippen MR) is 79.8 cm³/mol. The Hall–Kier alpha value is -1.40. The Kier molecular flexibility index (Phi) is 5.14. The smallest absolute Gasteiger partial charge is 0.240 e. The molecule has 1 aliphatic heterocycles. The quantitative estimate of drug-likeness (QED) is 0.840. The van der Waals surface area contributed by atoms with E-state index in [4.69, 9.17) is 5.73 Å². The highest BCUT2D eigenvalue weighted by atomic mass is 79.9. The Labute approximate surface area is 126 Å². The zero-order valence-electron chi connectivity index (χ0n) is 11.1. The van der Waals surface area contributed by atoms with Crippen molar-refractivity contribution in [2.24, 2.45) is 5.73 Å². The molecule has 5 nitrogen and oxygen atoms in total. The Bertz CT molecular complexity index is 484. The summed E-state index contributed by atoms with van der Waals surface area (Å²) in [6, 6.07) is 7.48. The zero-order chi connectivity index (χ0) is 14.5. The van der Waals surface area contributed by atoms with E-state index in [0.29, 0.717) is 6.54 Å². The van der Waals surface area contributed by atoms with Gasteiger partial charge in [0.15, 0.2) is 0 Å². The van der Waals surface area contributed by atoms with Crippen molar-refractivity contribution in [2.45, 2.75) is 25.4 Å².